The maximum Gasteiger partial charge on any atom is 0.397 e. The van der Waals surface area contributed by atoms with Crippen molar-refractivity contribution in [2.75, 3.05) is 0 Å². The molecule has 1 saturated carbocycles. The lowest BCUT2D eigenvalue weighted by molar-refractivity contribution is -0.170. The summed E-state index contributed by atoms with van der Waals surface area (Å²) in [6.07, 6.45) is 1.56. The minimum Gasteiger partial charge on any atom is -0.328 e. The number of pyridine rings is 1. The van der Waals surface area contributed by atoms with Crippen LogP contribution in [0.4, 0.5) is 13.2 Å². The Balaban J connectivity index is 1.70. The minimum absolute atomic E-state index is 0.135. The van der Waals surface area contributed by atoms with Gasteiger partial charge in [0, 0.05) is 30.0 Å². The summed E-state index contributed by atoms with van der Waals surface area (Å²) in [5.74, 6) is -0.876. The number of thiophene rings is 1. The first-order valence-electron chi connectivity index (χ1n) is 8.70. The highest BCUT2D eigenvalue weighted by Crippen LogP contribution is 2.49. The first kappa shape index (κ1) is 18.0. The topological polar surface area (TPSA) is 37.6 Å². The Morgan fingerprint density at radius 3 is 2.74 bits per heavy atom. The van der Waals surface area contributed by atoms with Crippen LogP contribution in [0.3, 0.4) is 0 Å². The van der Waals surface area contributed by atoms with Gasteiger partial charge in [-0.05, 0) is 48.4 Å². The highest BCUT2D eigenvalue weighted by Gasteiger charge is 2.48. The molecule has 3 heterocycles. The van der Waals surface area contributed by atoms with Crippen molar-refractivity contribution < 1.29 is 18.0 Å². The number of aromatic nitrogens is 2. The molecule has 1 fully saturated rings. The van der Waals surface area contributed by atoms with E-state index >= 15 is 0 Å². The molecule has 0 atom stereocenters. The molecule has 3 aromatic rings. The fraction of sp³-hybridized carbons (Fsp3) is 0.368. The fourth-order valence-corrected chi connectivity index (χ4v) is 4.68. The molecule has 0 radical (unpaired) electrons. The maximum absolute atomic E-state index is 13.0. The zero-order chi connectivity index (χ0) is 19.1. The molecule has 1 amide bonds. The molecule has 0 bridgehead atoms. The van der Waals surface area contributed by atoms with Gasteiger partial charge in [-0.15, -0.1) is 11.3 Å². The average Bonchev–Trinajstić information content (AvgIpc) is 3.22. The van der Waals surface area contributed by atoms with Crippen LogP contribution in [0.1, 0.15) is 36.1 Å². The Morgan fingerprint density at radius 1 is 1.30 bits per heavy atom. The van der Waals surface area contributed by atoms with E-state index in [0.29, 0.717) is 18.5 Å². The molecule has 0 N–H and O–H groups in total. The van der Waals surface area contributed by atoms with Gasteiger partial charge in [-0.25, -0.2) is 4.98 Å². The van der Waals surface area contributed by atoms with Gasteiger partial charge in [0.2, 0.25) is 5.91 Å². The van der Waals surface area contributed by atoms with E-state index in [2.05, 4.69) is 4.98 Å². The summed E-state index contributed by atoms with van der Waals surface area (Å²) in [6, 6.07) is 7.43. The second kappa shape index (κ2) is 6.67. The molecule has 27 heavy (non-hydrogen) atoms. The summed E-state index contributed by atoms with van der Waals surface area (Å²) >= 11 is 1.49. The van der Waals surface area contributed by atoms with Crippen LogP contribution in [0.5, 0.6) is 0 Å². The van der Waals surface area contributed by atoms with E-state index in [1.54, 1.807) is 12.4 Å². The lowest BCUT2D eigenvalue weighted by atomic mass is 9.73. The third-order valence-electron chi connectivity index (χ3n) is 5.13. The van der Waals surface area contributed by atoms with Crippen LogP contribution < -0.4 is 0 Å². The summed E-state index contributed by atoms with van der Waals surface area (Å²) in [5.41, 5.74) is 0.833. The van der Waals surface area contributed by atoms with Crippen molar-refractivity contribution in [1.82, 2.24) is 14.3 Å². The molecule has 0 saturated heterocycles. The molecular weight excluding hydrogens is 375 g/mol. The second-order valence-corrected chi connectivity index (χ2v) is 7.81. The molecule has 0 aromatic carbocycles. The number of fused-ring (bicyclic) bond motifs is 1. The lowest BCUT2D eigenvalue weighted by Gasteiger charge is -2.50. The van der Waals surface area contributed by atoms with E-state index in [9.17, 15) is 18.0 Å². The maximum atomic E-state index is 13.0. The first-order chi connectivity index (χ1) is 12.9. The zero-order valence-corrected chi connectivity index (χ0v) is 15.3. The first-order valence-corrected chi connectivity index (χ1v) is 9.58. The van der Waals surface area contributed by atoms with Crippen LogP contribution in [0.2, 0.25) is 0 Å². The number of hydrogen-bond acceptors (Lipinski definition) is 3. The van der Waals surface area contributed by atoms with Crippen LogP contribution in [0.25, 0.3) is 5.65 Å². The largest absolute Gasteiger partial charge is 0.397 e. The van der Waals surface area contributed by atoms with E-state index in [1.165, 1.54) is 16.2 Å². The summed E-state index contributed by atoms with van der Waals surface area (Å²) in [5, 5.41) is 1.90. The quantitative estimate of drug-likeness (QED) is 0.627. The molecule has 0 aliphatic heterocycles. The normalized spacial score (nSPS) is 16.3. The number of amides is 1. The number of carbonyl (C=O) groups excluding carboxylic acids is 1. The van der Waals surface area contributed by atoms with Crippen molar-refractivity contribution in [3.8, 4) is 0 Å². The monoisotopic (exact) mass is 393 g/mol. The van der Waals surface area contributed by atoms with E-state index in [1.807, 2.05) is 40.2 Å². The van der Waals surface area contributed by atoms with E-state index in [4.69, 9.17) is 0 Å². The number of carbonyl (C=O) groups is 1. The minimum atomic E-state index is -4.53. The number of imidazole rings is 1. The highest BCUT2D eigenvalue weighted by atomic mass is 32.1. The third kappa shape index (κ3) is 3.45. The summed E-state index contributed by atoms with van der Waals surface area (Å²) in [7, 11) is 0. The lowest BCUT2D eigenvalue weighted by Crippen LogP contribution is -2.53. The molecule has 1 aliphatic carbocycles. The molecule has 142 valence electrons. The van der Waals surface area contributed by atoms with Crippen LogP contribution in [-0.2, 0) is 16.9 Å². The molecular formula is C19H18F3N3OS. The SMILES string of the molecule is O=C(CC(F)(F)F)N(Cc1ccn2ccnc2c1)C1(c2cccs2)CCC1. The van der Waals surface area contributed by atoms with Crippen LogP contribution >= 0.6 is 11.3 Å². The Bertz CT molecular complexity index is 945. The van der Waals surface area contributed by atoms with Gasteiger partial charge >= 0.3 is 6.18 Å². The molecule has 0 unspecified atom stereocenters. The van der Waals surface area contributed by atoms with Crippen LogP contribution in [0, 0.1) is 0 Å². The predicted molar refractivity (Wildman–Crippen MR) is 96.3 cm³/mol. The number of rotatable bonds is 5. The van der Waals surface area contributed by atoms with E-state index in [-0.39, 0.29) is 6.54 Å². The van der Waals surface area contributed by atoms with Gasteiger partial charge in [-0.3, -0.25) is 4.79 Å². The number of halogens is 3. The van der Waals surface area contributed by atoms with Gasteiger partial charge in [-0.1, -0.05) is 6.07 Å². The molecule has 4 rings (SSSR count). The Labute approximate surface area is 158 Å². The smallest absolute Gasteiger partial charge is 0.328 e. The Kier molecular flexibility index (Phi) is 4.46. The zero-order valence-electron chi connectivity index (χ0n) is 14.4. The summed E-state index contributed by atoms with van der Waals surface area (Å²) in [4.78, 5) is 19.3. The van der Waals surface area contributed by atoms with E-state index in [0.717, 1.165) is 16.9 Å². The highest BCUT2D eigenvalue weighted by molar-refractivity contribution is 7.10. The average molecular weight is 393 g/mol. The Hall–Kier alpha value is -2.35. The van der Waals surface area contributed by atoms with Crippen LogP contribution in [-0.4, -0.2) is 26.4 Å². The molecule has 4 nitrogen and oxygen atoms in total. The van der Waals surface area contributed by atoms with Gasteiger partial charge in [0.15, 0.2) is 0 Å². The van der Waals surface area contributed by atoms with Crippen molar-refractivity contribution in [1.29, 1.82) is 0 Å². The number of nitrogens with zero attached hydrogens (tertiary/aromatic N) is 3. The summed E-state index contributed by atoms with van der Waals surface area (Å²) in [6.45, 7) is 0.135. The third-order valence-corrected chi connectivity index (χ3v) is 6.20. The molecule has 0 spiro atoms. The standard InChI is InChI=1S/C19H18F3N3OS/c20-19(21,22)12-17(26)25(18(5-2-6-18)15-3-1-10-27-15)13-14-4-8-24-9-7-23-16(24)11-14/h1,3-4,7-11H,2,5-6,12-13H2. The molecule has 3 aromatic heterocycles. The van der Waals surface area contributed by atoms with Gasteiger partial charge in [-0.2, -0.15) is 13.2 Å². The molecule has 8 heteroatoms. The summed E-state index contributed by atoms with van der Waals surface area (Å²) < 4.78 is 40.7. The predicted octanol–water partition coefficient (Wildman–Crippen LogP) is 4.76. The van der Waals surface area contributed by atoms with Gasteiger partial charge in [0.05, 0.1) is 5.54 Å². The van der Waals surface area contributed by atoms with E-state index < -0.39 is 24.0 Å². The van der Waals surface area contributed by atoms with Gasteiger partial charge < -0.3 is 9.30 Å². The van der Waals surface area contributed by atoms with Crippen molar-refractivity contribution in [2.24, 2.45) is 0 Å². The fourth-order valence-electron chi connectivity index (χ4n) is 3.68. The molecule has 1 aliphatic rings. The van der Waals surface area contributed by atoms with Crippen LogP contribution in [0.15, 0.2) is 48.2 Å². The Morgan fingerprint density at radius 2 is 2.11 bits per heavy atom. The van der Waals surface area contributed by atoms with Crippen molar-refractivity contribution >= 4 is 22.9 Å². The second-order valence-electron chi connectivity index (χ2n) is 6.86. The van der Waals surface area contributed by atoms with Crippen molar-refractivity contribution in [2.45, 2.75) is 43.9 Å². The number of hydrogen-bond donors (Lipinski definition) is 0. The van der Waals surface area contributed by atoms with Crippen molar-refractivity contribution in [3.63, 3.8) is 0 Å². The van der Waals surface area contributed by atoms with Crippen molar-refractivity contribution in [3.05, 3.63) is 58.7 Å². The van der Waals surface area contributed by atoms with Gasteiger partial charge in [0.1, 0.15) is 12.1 Å². The number of alkyl halides is 3. The van der Waals surface area contributed by atoms with Gasteiger partial charge in [0.25, 0.3) is 0 Å².